The summed E-state index contributed by atoms with van der Waals surface area (Å²) in [6.07, 6.45) is 4.62. The molecule has 3 nitrogen and oxygen atoms in total. The molecule has 0 saturated heterocycles. The molecule has 0 amide bonds. The number of hydrogen-bond donors (Lipinski definition) is 1. The van der Waals surface area contributed by atoms with Crippen molar-refractivity contribution >= 4 is 10.8 Å². The van der Waals surface area contributed by atoms with Crippen molar-refractivity contribution in [3.8, 4) is 5.75 Å². The van der Waals surface area contributed by atoms with Crippen molar-refractivity contribution in [1.82, 2.24) is 0 Å². The zero-order chi connectivity index (χ0) is 15.4. The Bertz CT molecular complexity index is 474. The highest BCUT2D eigenvalue weighted by Crippen LogP contribution is 2.31. The molecule has 0 aliphatic heterocycles. The molecule has 0 spiro atoms. The number of rotatable bonds is 5. The van der Waals surface area contributed by atoms with E-state index in [0.29, 0.717) is 11.2 Å². The molecule has 1 aliphatic carbocycles. The standard InChI is InChI=1S/C17H27NO2S/c1-12-5-4-6-16(11-12)21(19)13(2)17(18)14-7-9-15(20-3)10-8-14/h7-10,12-13,16-17H,4-6,11,18H2,1-3H3. The van der Waals surface area contributed by atoms with Gasteiger partial charge in [-0.2, -0.15) is 0 Å². The van der Waals surface area contributed by atoms with Crippen LogP contribution in [0.4, 0.5) is 0 Å². The first-order valence-electron chi connectivity index (χ1n) is 7.81. The second-order valence-electron chi connectivity index (χ2n) is 6.23. The molecule has 0 bridgehead atoms. The molecule has 2 rings (SSSR count). The van der Waals surface area contributed by atoms with Crippen LogP contribution in [0.5, 0.6) is 5.75 Å². The first kappa shape index (κ1) is 16.5. The van der Waals surface area contributed by atoms with Gasteiger partial charge in [0.1, 0.15) is 5.75 Å². The number of nitrogens with two attached hydrogens (primary N) is 1. The van der Waals surface area contributed by atoms with Crippen LogP contribution in [-0.2, 0) is 10.8 Å². The molecule has 1 aromatic carbocycles. The number of hydrogen-bond acceptors (Lipinski definition) is 3. The van der Waals surface area contributed by atoms with Crippen LogP contribution in [0.25, 0.3) is 0 Å². The fourth-order valence-corrected chi connectivity index (χ4v) is 5.11. The summed E-state index contributed by atoms with van der Waals surface area (Å²) in [6, 6.07) is 7.58. The Morgan fingerprint density at radius 2 is 1.95 bits per heavy atom. The third kappa shape index (κ3) is 4.07. The average Bonchev–Trinajstić information content (AvgIpc) is 2.53. The highest BCUT2D eigenvalue weighted by Gasteiger charge is 2.30. The summed E-state index contributed by atoms with van der Waals surface area (Å²) in [4.78, 5) is 0. The largest absolute Gasteiger partial charge is 0.497 e. The van der Waals surface area contributed by atoms with Gasteiger partial charge in [-0.25, -0.2) is 0 Å². The minimum absolute atomic E-state index is 0.0197. The molecule has 5 atom stereocenters. The Kier molecular flexibility index (Phi) is 5.82. The van der Waals surface area contributed by atoms with Gasteiger partial charge < -0.3 is 10.5 Å². The lowest BCUT2D eigenvalue weighted by molar-refractivity contribution is 0.387. The van der Waals surface area contributed by atoms with Crippen molar-refractivity contribution in [3.63, 3.8) is 0 Å². The Labute approximate surface area is 130 Å². The van der Waals surface area contributed by atoms with Gasteiger partial charge in [0.15, 0.2) is 0 Å². The molecule has 118 valence electrons. The molecule has 1 saturated carbocycles. The normalized spacial score (nSPS) is 26.9. The first-order chi connectivity index (χ1) is 10.0. The second-order valence-corrected chi connectivity index (χ2v) is 8.29. The fraction of sp³-hybridized carbons (Fsp3) is 0.647. The van der Waals surface area contributed by atoms with E-state index in [2.05, 4.69) is 6.92 Å². The Morgan fingerprint density at radius 3 is 2.52 bits per heavy atom. The third-order valence-electron chi connectivity index (χ3n) is 4.59. The zero-order valence-corrected chi connectivity index (χ0v) is 14.1. The predicted octanol–water partition coefficient (Wildman–Crippen LogP) is 3.41. The van der Waals surface area contributed by atoms with Gasteiger partial charge in [-0.1, -0.05) is 31.9 Å². The highest BCUT2D eigenvalue weighted by molar-refractivity contribution is 7.86. The smallest absolute Gasteiger partial charge is 0.118 e. The van der Waals surface area contributed by atoms with Crippen molar-refractivity contribution in [2.75, 3.05) is 7.11 Å². The molecule has 4 heteroatoms. The topological polar surface area (TPSA) is 52.3 Å². The lowest BCUT2D eigenvalue weighted by atomic mass is 9.90. The van der Waals surface area contributed by atoms with Gasteiger partial charge in [0, 0.05) is 22.1 Å². The van der Waals surface area contributed by atoms with Gasteiger partial charge in [-0.05, 0) is 43.4 Å². The Balaban J connectivity index is 2.03. The van der Waals surface area contributed by atoms with Gasteiger partial charge >= 0.3 is 0 Å². The maximum atomic E-state index is 12.8. The minimum Gasteiger partial charge on any atom is -0.497 e. The molecule has 0 radical (unpaired) electrons. The molecule has 0 aromatic heterocycles. The van der Waals surface area contributed by atoms with Crippen LogP contribution >= 0.6 is 0 Å². The summed E-state index contributed by atoms with van der Waals surface area (Å²) < 4.78 is 18.0. The van der Waals surface area contributed by atoms with E-state index < -0.39 is 10.8 Å². The van der Waals surface area contributed by atoms with E-state index >= 15 is 0 Å². The van der Waals surface area contributed by atoms with Crippen molar-refractivity contribution in [2.24, 2.45) is 11.7 Å². The van der Waals surface area contributed by atoms with Crippen LogP contribution in [0.3, 0.4) is 0 Å². The van der Waals surface area contributed by atoms with Crippen LogP contribution in [0.1, 0.15) is 51.1 Å². The van der Waals surface area contributed by atoms with E-state index in [-0.39, 0.29) is 11.3 Å². The SMILES string of the molecule is COc1ccc(C(N)C(C)S(=O)C2CCCC(C)C2)cc1. The summed E-state index contributed by atoms with van der Waals surface area (Å²) in [7, 11) is 0.784. The molecule has 0 heterocycles. The van der Waals surface area contributed by atoms with E-state index in [9.17, 15) is 4.21 Å². The monoisotopic (exact) mass is 309 g/mol. The van der Waals surface area contributed by atoms with Crippen molar-refractivity contribution in [3.05, 3.63) is 29.8 Å². The van der Waals surface area contributed by atoms with Crippen LogP contribution in [0.15, 0.2) is 24.3 Å². The van der Waals surface area contributed by atoms with Gasteiger partial charge in [0.2, 0.25) is 0 Å². The van der Waals surface area contributed by atoms with E-state index in [4.69, 9.17) is 10.5 Å². The van der Waals surface area contributed by atoms with Crippen LogP contribution in [0, 0.1) is 5.92 Å². The molecule has 2 N–H and O–H groups in total. The zero-order valence-electron chi connectivity index (χ0n) is 13.2. The second kappa shape index (κ2) is 7.41. The summed E-state index contributed by atoms with van der Waals surface area (Å²) in [5.41, 5.74) is 7.37. The average molecular weight is 309 g/mol. The Morgan fingerprint density at radius 1 is 1.29 bits per heavy atom. The quantitative estimate of drug-likeness (QED) is 0.907. The van der Waals surface area contributed by atoms with Crippen LogP contribution in [-0.4, -0.2) is 21.8 Å². The maximum absolute atomic E-state index is 12.8. The molecule has 1 fully saturated rings. The van der Waals surface area contributed by atoms with Crippen molar-refractivity contribution in [2.45, 2.75) is 56.1 Å². The third-order valence-corrected chi connectivity index (χ3v) is 6.70. The van der Waals surface area contributed by atoms with Crippen molar-refractivity contribution < 1.29 is 8.95 Å². The predicted molar refractivity (Wildman–Crippen MR) is 88.9 cm³/mol. The summed E-state index contributed by atoms with van der Waals surface area (Å²) in [5.74, 6) is 1.51. The highest BCUT2D eigenvalue weighted by atomic mass is 32.2. The van der Waals surface area contributed by atoms with Gasteiger partial charge in [-0.3, -0.25) is 4.21 Å². The minimum atomic E-state index is -0.866. The van der Waals surface area contributed by atoms with Crippen LogP contribution in [0.2, 0.25) is 0 Å². The molecule has 1 aromatic rings. The summed E-state index contributed by atoms with van der Waals surface area (Å²) >= 11 is 0. The molecular weight excluding hydrogens is 282 g/mol. The lowest BCUT2D eigenvalue weighted by Gasteiger charge is -2.30. The number of methoxy groups -OCH3 is 1. The summed E-state index contributed by atoms with van der Waals surface area (Å²) in [5, 5.41) is 0.293. The number of ether oxygens (including phenoxy) is 1. The van der Waals surface area contributed by atoms with Gasteiger partial charge in [0.05, 0.1) is 12.4 Å². The van der Waals surface area contributed by atoms with E-state index in [0.717, 1.165) is 24.2 Å². The Hall–Kier alpha value is -0.870. The van der Waals surface area contributed by atoms with E-state index in [1.165, 1.54) is 12.8 Å². The van der Waals surface area contributed by atoms with E-state index in [1.54, 1.807) is 7.11 Å². The fourth-order valence-electron chi connectivity index (χ4n) is 3.13. The number of benzene rings is 1. The van der Waals surface area contributed by atoms with Gasteiger partial charge in [-0.15, -0.1) is 0 Å². The molecule has 21 heavy (non-hydrogen) atoms. The molecule has 5 unspecified atom stereocenters. The van der Waals surface area contributed by atoms with Gasteiger partial charge in [0.25, 0.3) is 0 Å². The first-order valence-corrected chi connectivity index (χ1v) is 9.09. The maximum Gasteiger partial charge on any atom is 0.118 e. The molecule has 1 aliphatic rings. The summed E-state index contributed by atoms with van der Waals surface area (Å²) in [6.45, 7) is 4.28. The van der Waals surface area contributed by atoms with Crippen molar-refractivity contribution in [1.29, 1.82) is 0 Å². The van der Waals surface area contributed by atoms with Crippen LogP contribution < -0.4 is 10.5 Å². The van der Waals surface area contributed by atoms with E-state index in [1.807, 2.05) is 31.2 Å². The molecular formula is C17H27NO2S. The lowest BCUT2D eigenvalue weighted by Crippen LogP contribution is -2.35.